The van der Waals surface area contributed by atoms with Gasteiger partial charge in [0.15, 0.2) is 9.84 Å². The van der Waals surface area contributed by atoms with Crippen molar-refractivity contribution in [1.82, 2.24) is 0 Å². The predicted molar refractivity (Wildman–Crippen MR) is 70.5 cm³/mol. The topological polar surface area (TPSA) is 60.2 Å². The third-order valence-corrected chi connectivity index (χ3v) is 4.80. The minimum Gasteiger partial charge on any atom is -0.315 e. The summed E-state index contributed by atoms with van der Waals surface area (Å²) in [5.41, 5.74) is 6.82. The summed E-state index contributed by atoms with van der Waals surface area (Å²) < 4.78 is 24.2. The highest BCUT2D eigenvalue weighted by Gasteiger charge is 2.22. The number of rotatable bonds is 6. The molecule has 1 unspecified atom stereocenters. The molecule has 0 fully saturated rings. The van der Waals surface area contributed by atoms with E-state index in [-0.39, 0.29) is 0 Å². The Morgan fingerprint density at radius 2 is 1.76 bits per heavy atom. The first kappa shape index (κ1) is 14.2. The molecular weight excluding hydrogens is 234 g/mol. The van der Waals surface area contributed by atoms with Gasteiger partial charge in [-0.15, -0.1) is 0 Å². The van der Waals surface area contributed by atoms with Crippen LogP contribution in [0.15, 0.2) is 29.2 Å². The van der Waals surface area contributed by atoms with Crippen LogP contribution >= 0.6 is 0 Å². The molecule has 0 amide bonds. The van der Waals surface area contributed by atoms with E-state index >= 15 is 0 Å². The van der Waals surface area contributed by atoms with Crippen LogP contribution in [0.1, 0.15) is 38.2 Å². The van der Waals surface area contributed by atoms with Gasteiger partial charge in [0, 0.05) is 0 Å². The van der Waals surface area contributed by atoms with Gasteiger partial charge in [0.1, 0.15) is 5.37 Å². The fourth-order valence-electron chi connectivity index (χ4n) is 1.65. The molecule has 4 heteroatoms. The van der Waals surface area contributed by atoms with E-state index in [0.717, 1.165) is 24.8 Å². The Labute approximate surface area is 104 Å². The number of benzene rings is 1. The van der Waals surface area contributed by atoms with Crippen molar-refractivity contribution >= 4 is 9.84 Å². The van der Waals surface area contributed by atoms with Crippen molar-refractivity contribution in [3.63, 3.8) is 0 Å². The molecule has 0 aliphatic heterocycles. The van der Waals surface area contributed by atoms with Gasteiger partial charge in [-0.2, -0.15) is 0 Å². The molecular formula is C13H21NO2S. The maximum Gasteiger partial charge on any atom is 0.193 e. The summed E-state index contributed by atoms with van der Waals surface area (Å²) in [6, 6.07) is 6.85. The molecule has 1 rings (SSSR count). The monoisotopic (exact) mass is 255 g/mol. The lowest BCUT2D eigenvalue weighted by atomic mass is 10.2. The molecule has 0 saturated carbocycles. The fourth-order valence-corrected chi connectivity index (χ4v) is 3.00. The molecule has 0 aromatic heterocycles. The number of aryl methyl sites for hydroxylation is 1. The van der Waals surface area contributed by atoms with Crippen molar-refractivity contribution in [3.05, 3.63) is 29.8 Å². The average molecular weight is 255 g/mol. The van der Waals surface area contributed by atoms with Crippen molar-refractivity contribution in [1.29, 1.82) is 0 Å². The van der Waals surface area contributed by atoms with Crippen LogP contribution in [0.4, 0.5) is 0 Å². The van der Waals surface area contributed by atoms with E-state index in [2.05, 4.69) is 6.92 Å². The quantitative estimate of drug-likeness (QED) is 0.795. The average Bonchev–Trinajstić information content (AvgIpc) is 2.29. The summed E-state index contributed by atoms with van der Waals surface area (Å²) in [5.74, 6) is 0. The first-order valence-corrected chi connectivity index (χ1v) is 7.59. The van der Waals surface area contributed by atoms with Gasteiger partial charge in [0.2, 0.25) is 0 Å². The van der Waals surface area contributed by atoms with Crippen LogP contribution in [0.5, 0.6) is 0 Å². The molecule has 2 N–H and O–H groups in total. The maximum atomic E-state index is 12.1. The van der Waals surface area contributed by atoms with E-state index in [9.17, 15) is 8.42 Å². The molecule has 0 radical (unpaired) electrons. The zero-order valence-electron chi connectivity index (χ0n) is 10.5. The fraction of sp³-hybridized carbons (Fsp3) is 0.538. The highest BCUT2D eigenvalue weighted by atomic mass is 32.2. The van der Waals surface area contributed by atoms with Crippen molar-refractivity contribution in [2.75, 3.05) is 0 Å². The molecule has 0 heterocycles. The van der Waals surface area contributed by atoms with Gasteiger partial charge < -0.3 is 5.73 Å². The smallest absolute Gasteiger partial charge is 0.193 e. The molecule has 0 aliphatic rings. The normalized spacial score (nSPS) is 13.6. The zero-order valence-corrected chi connectivity index (χ0v) is 11.3. The second-order valence-electron chi connectivity index (χ2n) is 4.39. The molecule has 1 atom stereocenters. The van der Waals surface area contributed by atoms with Crippen LogP contribution in [0.25, 0.3) is 0 Å². The van der Waals surface area contributed by atoms with E-state index in [1.807, 2.05) is 6.92 Å². The van der Waals surface area contributed by atoms with Gasteiger partial charge >= 0.3 is 0 Å². The Bertz CT molecular complexity index is 437. The predicted octanol–water partition coefficient (Wildman–Crippen LogP) is 2.63. The van der Waals surface area contributed by atoms with Gasteiger partial charge in [0.05, 0.1) is 4.90 Å². The van der Waals surface area contributed by atoms with Crippen molar-refractivity contribution in [2.45, 2.75) is 49.8 Å². The number of sulfone groups is 1. The molecule has 0 spiro atoms. The summed E-state index contributed by atoms with van der Waals surface area (Å²) in [5, 5.41) is -0.781. The highest BCUT2D eigenvalue weighted by Crippen LogP contribution is 2.17. The summed E-state index contributed by atoms with van der Waals surface area (Å²) in [4.78, 5) is 0.326. The molecule has 3 nitrogen and oxygen atoms in total. The third kappa shape index (κ3) is 3.82. The van der Waals surface area contributed by atoms with E-state index in [4.69, 9.17) is 5.73 Å². The Hall–Kier alpha value is -0.870. The molecule has 96 valence electrons. The van der Waals surface area contributed by atoms with Crippen LogP contribution in [-0.4, -0.2) is 13.8 Å². The Morgan fingerprint density at radius 3 is 2.29 bits per heavy atom. The molecule has 0 aliphatic carbocycles. The van der Waals surface area contributed by atoms with Gasteiger partial charge in [-0.3, -0.25) is 0 Å². The minimum absolute atomic E-state index is 0.326. The van der Waals surface area contributed by atoms with Crippen LogP contribution < -0.4 is 5.73 Å². The standard InChI is InChI=1S/C13H21NO2S/c1-3-4-5-6-13(14)17(15,16)12-9-7-11(2)8-10-12/h7-10,13H,3-6,14H2,1-2H3. The van der Waals surface area contributed by atoms with Crippen molar-refractivity contribution in [3.8, 4) is 0 Å². The lowest BCUT2D eigenvalue weighted by Crippen LogP contribution is -2.30. The summed E-state index contributed by atoms with van der Waals surface area (Å²) in [6.45, 7) is 4.01. The molecule has 1 aromatic carbocycles. The number of hydrogen-bond donors (Lipinski definition) is 1. The Balaban J connectivity index is 2.76. The number of nitrogens with two attached hydrogens (primary N) is 1. The summed E-state index contributed by atoms with van der Waals surface area (Å²) >= 11 is 0. The largest absolute Gasteiger partial charge is 0.315 e. The Kier molecular flexibility index (Phi) is 5.15. The summed E-state index contributed by atoms with van der Waals surface area (Å²) in [7, 11) is -3.36. The lowest BCUT2D eigenvalue weighted by molar-refractivity contribution is 0.562. The SMILES string of the molecule is CCCCCC(N)S(=O)(=O)c1ccc(C)cc1. The second kappa shape index (κ2) is 6.17. The van der Waals surface area contributed by atoms with Crippen LogP contribution in [0.3, 0.4) is 0 Å². The maximum absolute atomic E-state index is 12.1. The first-order chi connectivity index (χ1) is 7.98. The van der Waals surface area contributed by atoms with E-state index < -0.39 is 15.2 Å². The third-order valence-electron chi connectivity index (χ3n) is 2.84. The second-order valence-corrected chi connectivity index (χ2v) is 6.56. The van der Waals surface area contributed by atoms with E-state index in [1.165, 1.54) is 0 Å². The van der Waals surface area contributed by atoms with Gasteiger partial charge in [0.25, 0.3) is 0 Å². The van der Waals surface area contributed by atoms with Gasteiger partial charge in [-0.25, -0.2) is 8.42 Å². The molecule has 17 heavy (non-hydrogen) atoms. The first-order valence-electron chi connectivity index (χ1n) is 6.04. The number of unbranched alkanes of at least 4 members (excludes halogenated alkanes) is 2. The van der Waals surface area contributed by atoms with Crippen LogP contribution in [0, 0.1) is 6.92 Å². The van der Waals surface area contributed by atoms with Crippen molar-refractivity contribution in [2.24, 2.45) is 5.73 Å². The summed E-state index contributed by atoms with van der Waals surface area (Å²) in [6.07, 6.45) is 3.49. The molecule has 0 bridgehead atoms. The molecule has 1 aromatic rings. The van der Waals surface area contributed by atoms with Crippen molar-refractivity contribution < 1.29 is 8.42 Å². The minimum atomic E-state index is -3.36. The van der Waals surface area contributed by atoms with Crippen LogP contribution in [0.2, 0.25) is 0 Å². The van der Waals surface area contributed by atoms with E-state index in [1.54, 1.807) is 24.3 Å². The van der Waals surface area contributed by atoms with Crippen LogP contribution in [-0.2, 0) is 9.84 Å². The number of hydrogen-bond acceptors (Lipinski definition) is 3. The molecule has 0 saturated heterocycles. The van der Waals surface area contributed by atoms with E-state index in [0.29, 0.717) is 11.3 Å². The van der Waals surface area contributed by atoms with Gasteiger partial charge in [-0.05, 0) is 25.5 Å². The van der Waals surface area contributed by atoms with Gasteiger partial charge in [-0.1, -0.05) is 43.9 Å². The Morgan fingerprint density at radius 1 is 1.18 bits per heavy atom. The lowest BCUT2D eigenvalue weighted by Gasteiger charge is -2.12. The highest BCUT2D eigenvalue weighted by molar-refractivity contribution is 7.92. The zero-order chi connectivity index (χ0) is 12.9.